The Morgan fingerprint density at radius 3 is 2.50 bits per heavy atom. The number of rotatable bonds is 10. The molecule has 0 spiro atoms. The van der Waals surface area contributed by atoms with Crippen LogP contribution in [0.1, 0.15) is 24.2 Å². The average molecular weight is 374 g/mol. The molecule has 1 rings (SSSR count). The second kappa shape index (κ2) is 9.65. The van der Waals surface area contributed by atoms with Crippen molar-refractivity contribution < 1.29 is 23.1 Å². The normalized spacial score (nSPS) is 11.5. The lowest BCUT2D eigenvalue weighted by Crippen LogP contribution is -2.31. The van der Waals surface area contributed by atoms with E-state index in [9.17, 15) is 18.0 Å². The van der Waals surface area contributed by atoms with Crippen molar-refractivity contribution in [3.05, 3.63) is 29.8 Å². The molecule has 0 atom stereocenters. The number of hydrogen-bond donors (Lipinski definition) is 2. The second-order valence-corrected chi connectivity index (χ2v) is 7.86. The van der Waals surface area contributed by atoms with E-state index in [-0.39, 0.29) is 22.1 Å². The molecule has 1 aromatic carbocycles. The molecule has 0 unspecified atom stereocenters. The largest absolute Gasteiger partial charge is 0.481 e. The molecule has 2 N–H and O–H groups in total. The van der Waals surface area contributed by atoms with E-state index in [1.54, 1.807) is 19.9 Å². The summed E-state index contributed by atoms with van der Waals surface area (Å²) in [5.74, 6) is -0.841. The van der Waals surface area contributed by atoms with Crippen LogP contribution in [0.15, 0.2) is 29.2 Å². The van der Waals surface area contributed by atoms with Crippen LogP contribution < -0.4 is 5.32 Å². The lowest BCUT2D eigenvalue weighted by atomic mass is 10.2. The van der Waals surface area contributed by atoms with Gasteiger partial charge in [-0.1, -0.05) is 19.9 Å². The van der Waals surface area contributed by atoms with Crippen LogP contribution in [0, 0.1) is 0 Å². The summed E-state index contributed by atoms with van der Waals surface area (Å²) in [7, 11) is -3.61. The number of nitrogens with one attached hydrogen (secondary N) is 1. The Kier molecular flexibility index (Phi) is 8.23. The first-order valence-electron chi connectivity index (χ1n) is 7.50. The molecule has 0 fully saturated rings. The third-order valence-corrected chi connectivity index (χ3v) is 6.19. The van der Waals surface area contributed by atoms with E-state index in [4.69, 9.17) is 5.11 Å². The molecular formula is C15H22N2O5S2. The Balaban J connectivity index is 2.74. The van der Waals surface area contributed by atoms with Gasteiger partial charge in [0.05, 0.1) is 10.6 Å². The van der Waals surface area contributed by atoms with Crippen molar-refractivity contribution >= 4 is 33.7 Å². The number of amides is 1. The van der Waals surface area contributed by atoms with Gasteiger partial charge < -0.3 is 10.4 Å². The van der Waals surface area contributed by atoms with Crippen LogP contribution in [0.3, 0.4) is 0 Å². The summed E-state index contributed by atoms with van der Waals surface area (Å²) in [5, 5.41) is 11.2. The van der Waals surface area contributed by atoms with Crippen LogP contribution >= 0.6 is 11.8 Å². The number of benzene rings is 1. The minimum Gasteiger partial charge on any atom is -0.481 e. The fourth-order valence-electron chi connectivity index (χ4n) is 2.01. The van der Waals surface area contributed by atoms with Crippen LogP contribution in [0.2, 0.25) is 0 Å². The Hall–Kier alpha value is -1.58. The topological polar surface area (TPSA) is 104 Å². The zero-order valence-electron chi connectivity index (χ0n) is 13.7. The molecule has 0 saturated heterocycles. The van der Waals surface area contributed by atoms with Crippen molar-refractivity contribution in [1.82, 2.24) is 9.62 Å². The number of nitrogens with zero attached hydrogens (tertiary/aromatic N) is 1. The molecule has 9 heteroatoms. The summed E-state index contributed by atoms with van der Waals surface area (Å²) in [5.41, 5.74) is 0.256. The SMILES string of the molecule is CCN(CC)S(=O)(=O)c1cccc(C(=O)NCCSCC(=O)O)c1. The molecule has 0 bridgehead atoms. The number of aliphatic carboxylic acids is 1. The minimum atomic E-state index is -3.61. The van der Waals surface area contributed by atoms with Crippen molar-refractivity contribution in [3.63, 3.8) is 0 Å². The van der Waals surface area contributed by atoms with Gasteiger partial charge >= 0.3 is 5.97 Å². The molecule has 0 aliphatic rings. The molecule has 0 heterocycles. The number of sulfonamides is 1. The van der Waals surface area contributed by atoms with E-state index in [0.717, 1.165) is 0 Å². The number of carbonyl (C=O) groups excluding carboxylic acids is 1. The smallest absolute Gasteiger partial charge is 0.313 e. The van der Waals surface area contributed by atoms with Gasteiger partial charge in [0.25, 0.3) is 5.91 Å². The predicted molar refractivity (Wildman–Crippen MR) is 93.8 cm³/mol. The third-order valence-electron chi connectivity index (χ3n) is 3.20. The van der Waals surface area contributed by atoms with Crippen molar-refractivity contribution in [2.24, 2.45) is 0 Å². The maximum Gasteiger partial charge on any atom is 0.313 e. The summed E-state index contributed by atoms with van der Waals surface area (Å²) >= 11 is 1.20. The highest BCUT2D eigenvalue weighted by molar-refractivity contribution is 7.99. The van der Waals surface area contributed by atoms with E-state index < -0.39 is 16.0 Å². The summed E-state index contributed by atoms with van der Waals surface area (Å²) < 4.78 is 26.3. The summed E-state index contributed by atoms with van der Waals surface area (Å²) in [4.78, 5) is 22.6. The maximum absolute atomic E-state index is 12.5. The van der Waals surface area contributed by atoms with E-state index in [0.29, 0.717) is 25.4 Å². The van der Waals surface area contributed by atoms with Gasteiger partial charge in [0, 0.05) is 31.0 Å². The lowest BCUT2D eigenvalue weighted by molar-refractivity contribution is -0.133. The average Bonchev–Trinajstić information content (AvgIpc) is 2.55. The number of thioether (sulfide) groups is 1. The van der Waals surface area contributed by atoms with Crippen LogP contribution in [0.4, 0.5) is 0 Å². The predicted octanol–water partition coefficient (Wildman–Crippen LogP) is 1.26. The first-order chi connectivity index (χ1) is 11.3. The molecule has 134 valence electrons. The van der Waals surface area contributed by atoms with Crippen molar-refractivity contribution in [2.45, 2.75) is 18.7 Å². The van der Waals surface area contributed by atoms with Crippen molar-refractivity contribution in [1.29, 1.82) is 0 Å². The number of carboxylic acids is 1. The Morgan fingerprint density at radius 2 is 1.92 bits per heavy atom. The zero-order valence-corrected chi connectivity index (χ0v) is 15.3. The summed E-state index contributed by atoms with van der Waals surface area (Å²) in [6.45, 7) is 4.54. The molecule has 7 nitrogen and oxygen atoms in total. The van der Waals surface area contributed by atoms with Gasteiger partial charge in [0.15, 0.2) is 0 Å². The molecule has 0 radical (unpaired) electrons. The fourth-order valence-corrected chi connectivity index (χ4v) is 4.08. The lowest BCUT2D eigenvalue weighted by Gasteiger charge is -2.18. The molecule has 0 aromatic heterocycles. The van der Waals surface area contributed by atoms with Crippen LogP contribution in [0.5, 0.6) is 0 Å². The number of carboxylic acid groups (broad SMARTS) is 1. The van der Waals surface area contributed by atoms with Crippen molar-refractivity contribution in [3.8, 4) is 0 Å². The Labute approximate surface area is 146 Å². The van der Waals surface area contributed by atoms with E-state index in [1.807, 2.05) is 0 Å². The molecule has 0 saturated carbocycles. The highest BCUT2D eigenvalue weighted by Gasteiger charge is 2.22. The Morgan fingerprint density at radius 1 is 1.25 bits per heavy atom. The van der Waals surface area contributed by atoms with Gasteiger partial charge in [-0.2, -0.15) is 4.31 Å². The molecule has 1 amide bonds. The van der Waals surface area contributed by atoms with Gasteiger partial charge in [-0.05, 0) is 18.2 Å². The van der Waals surface area contributed by atoms with Gasteiger partial charge in [-0.25, -0.2) is 8.42 Å². The van der Waals surface area contributed by atoms with Gasteiger partial charge in [0.2, 0.25) is 10.0 Å². The highest BCUT2D eigenvalue weighted by Crippen LogP contribution is 2.17. The first kappa shape index (κ1) is 20.5. The van der Waals surface area contributed by atoms with E-state index in [1.165, 1.54) is 34.3 Å². The molecule has 24 heavy (non-hydrogen) atoms. The molecule has 0 aliphatic carbocycles. The standard InChI is InChI=1S/C15H22N2O5S2/c1-3-17(4-2)24(21,22)13-7-5-6-12(10-13)15(20)16-8-9-23-11-14(18)19/h5-7,10H,3-4,8-9,11H2,1-2H3,(H,16,20)(H,18,19). The van der Waals surface area contributed by atoms with E-state index in [2.05, 4.69) is 5.32 Å². The zero-order chi connectivity index (χ0) is 18.2. The first-order valence-corrected chi connectivity index (χ1v) is 10.1. The molecule has 1 aromatic rings. The number of hydrogen-bond acceptors (Lipinski definition) is 5. The number of carbonyl (C=O) groups is 2. The van der Waals surface area contributed by atoms with Gasteiger partial charge in [0.1, 0.15) is 0 Å². The summed E-state index contributed by atoms with van der Waals surface area (Å²) in [6.07, 6.45) is 0. The molecular weight excluding hydrogens is 352 g/mol. The fraction of sp³-hybridized carbons (Fsp3) is 0.467. The van der Waals surface area contributed by atoms with Crippen LogP contribution in [-0.4, -0.2) is 60.8 Å². The van der Waals surface area contributed by atoms with Gasteiger partial charge in [-0.3, -0.25) is 9.59 Å². The van der Waals surface area contributed by atoms with Crippen molar-refractivity contribution in [2.75, 3.05) is 31.1 Å². The quantitative estimate of drug-likeness (QED) is 0.598. The summed E-state index contributed by atoms with van der Waals surface area (Å²) in [6, 6.07) is 5.89. The minimum absolute atomic E-state index is 0.0204. The maximum atomic E-state index is 12.5. The Bertz CT molecular complexity index is 672. The highest BCUT2D eigenvalue weighted by atomic mass is 32.2. The molecule has 0 aliphatic heterocycles. The second-order valence-electron chi connectivity index (χ2n) is 4.82. The van der Waals surface area contributed by atoms with Crippen LogP contribution in [0.25, 0.3) is 0 Å². The third kappa shape index (κ3) is 5.81. The van der Waals surface area contributed by atoms with E-state index >= 15 is 0 Å². The van der Waals surface area contributed by atoms with Crippen LogP contribution in [-0.2, 0) is 14.8 Å². The monoisotopic (exact) mass is 374 g/mol. The van der Waals surface area contributed by atoms with Gasteiger partial charge in [-0.15, -0.1) is 11.8 Å².